The van der Waals surface area contributed by atoms with Crippen LogP contribution in [-0.2, 0) is 0 Å². The van der Waals surface area contributed by atoms with Gasteiger partial charge in [0, 0.05) is 12.6 Å². The lowest BCUT2D eigenvalue weighted by Gasteiger charge is -2.23. The minimum absolute atomic E-state index is 0.746. The molecular weight excluding hydrogens is 192 g/mol. The highest BCUT2D eigenvalue weighted by atomic mass is 32.1. The third kappa shape index (κ3) is 3.00. The molecule has 0 bridgehead atoms. The number of hydrogen-bond donors (Lipinski definition) is 2. The van der Waals surface area contributed by atoms with Crippen molar-refractivity contribution in [3.05, 3.63) is 17.5 Å². The fourth-order valence-electron chi connectivity index (χ4n) is 1.92. The van der Waals surface area contributed by atoms with Crippen LogP contribution in [0.15, 0.2) is 17.5 Å². The summed E-state index contributed by atoms with van der Waals surface area (Å²) < 4.78 is 0. The Kier molecular flexibility index (Phi) is 3.83. The van der Waals surface area contributed by atoms with Crippen LogP contribution in [0.4, 0.5) is 5.00 Å². The number of nitrogens with one attached hydrogen (secondary N) is 2. The third-order valence-corrected chi connectivity index (χ3v) is 3.55. The second kappa shape index (κ2) is 5.37. The van der Waals surface area contributed by atoms with Gasteiger partial charge in [0.1, 0.15) is 0 Å². The van der Waals surface area contributed by atoms with Gasteiger partial charge in [-0.3, -0.25) is 0 Å². The molecule has 2 N–H and O–H groups in total. The van der Waals surface area contributed by atoms with Crippen LogP contribution in [0.5, 0.6) is 0 Å². The lowest BCUT2D eigenvalue weighted by molar-refractivity contribution is 0.389. The van der Waals surface area contributed by atoms with Crippen molar-refractivity contribution < 1.29 is 0 Å². The van der Waals surface area contributed by atoms with Crippen molar-refractivity contribution in [2.75, 3.05) is 18.4 Å². The summed E-state index contributed by atoms with van der Waals surface area (Å²) in [6.07, 6.45) is 5.36. The molecule has 1 aliphatic rings. The highest BCUT2D eigenvalue weighted by molar-refractivity contribution is 7.14. The fourth-order valence-corrected chi connectivity index (χ4v) is 2.57. The summed E-state index contributed by atoms with van der Waals surface area (Å²) >= 11 is 1.78. The number of anilines is 1. The highest BCUT2D eigenvalue weighted by Gasteiger charge is 2.11. The SMILES string of the molecule is c1csc(NCCC2CCCCN2)c1. The maximum Gasteiger partial charge on any atom is 0.0882 e. The van der Waals surface area contributed by atoms with E-state index in [2.05, 4.69) is 28.1 Å². The Morgan fingerprint density at radius 2 is 2.50 bits per heavy atom. The monoisotopic (exact) mass is 210 g/mol. The van der Waals surface area contributed by atoms with Crippen LogP contribution in [0.25, 0.3) is 0 Å². The zero-order valence-corrected chi connectivity index (χ0v) is 9.28. The Balaban J connectivity index is 1.62. The molecule has 1 atom stereocenters. The Morgan fingerprint density at radius 3 is 3.21 bits per heavy atom. The van der Waals surface area contributed by atoms with E-state index in [1.54, 1.807) is 11.3 Å². The normalized spacial score (nSPS) is 22.1. The molecular formula is C11H18N2S. The number of piperidine rings is 1. The molecule has 1 unspecified atom stereocenters. The average Bonchev–Trinajstić information content (AvgIpc) is 2.72. The average molecular weight is 210 g/mol. The van der Waals surface area contributed by atoms with Crippen molar-refractivity contribution in [1.29, 1.82) is 0 Å². The quantitative estimate of drug-likeness (QED) is 0.798. The number of hydrogen-bond acceptors (Lipinski definition) is 3. The standard InChI is InChI=1S/C11H18N2S/c1-2-7-12-10(4-1)6-8-13-11-5-3-9-14-11/h3,5,9-10,12-13H,1-2,4,6-8H2. The first-order chi connectivity index (χ1) is 6.95. The second-order valence-corrected chi connectivity index (χ2v) is 4.79. The van der Waals surface area contributed by atoms with E-state index >= 15 is 0 Å². The van der Waals surface area contributed by atoms with Crippen LogP contribution in [0.2, 0.25) is 0 Å². The smallest absolute Gasteiger partial charge is 0.0882 e. The van der Waals surface area contributed by atoms with Crippen molar-refractivity contribution in [2.24, 2.45) is 0 Å². The molecule has 0 saturated carbocycles. The molecule has 1 aliphatic heterocycles. The molecule has 0 aromatic carbocycles. The summed E-state index contributed by atoms with van der Waals surface area (Å²) in [5, 5.41) is 10.4. The topological polar surface area (TPSA) is 24.1 Å². The molecule has 1 aromatic rings. The maximum absolute atomic E-state index is 3.56. The molecule has 0 spiro atoms. The summed E-state index contributed by atoms with van der Waals surface area (Å²) in [7, 11) is 0. The van der Waals surface area contributed by atoms with Crippen LogP contribution in [0.1, 0.15) is 25.7 Å². The molecule has 78 valence electrons. The molecule has 3 heteroatoms. The lowest BCUT2D eigenvalue weighted by atomic mass is 10.0. The van der Waals surface area contributed by atoms with Gasteiger partial charge >= 0.3 is 0 Å². The van der Waals surface area contributed by atoms with Gasteiger partial charge in [0.15, 0.2) is 0 Å². The summed E-state index contributed by atoms with van der Waals surface area (Å²) in [5.74, 6) is 0. The van der Waals surface area contributed by atoms with Gasteiger partial charge in [-0.25, -0.2) is 0 Å². The first-order valence-corrected chi connectivity index (χ1v) is 6.34. The maximum atomic E-state index is 3.56. The first-order valence-electron chi connectivity index (χ1n) is 5.46. The van der Waals surface area contributed by atoms with Gasteiger partial charge in [0.25, 0.3) is 0 Å². The number of rotatable bonds is 4. The molecule has 2 rings (SSSR count). The van der Waals surface area contributed by atoms with E-state index in [4.69, 9.17) is 0 Å². The summed E-state index contributed by atoms with van der Waals surface area (Å²) in [5.41, 5.74) is 0. The molecule has 0 radical (unpaired) electrons. The van der Waals surface area contributed by atoms with Crippen molar-refractivity contribution in [2.45, 2.75) is 31.7 Å². The largest absolute Gasteiger partial charge is 0.377 e. The van der Waals surface area contributed by atoms with Gasteiger partial charge < -0.3 is 10.6 Å². The van der Waals surface area contributed by atoms with E-state index in [1.165, 1.54) is 37.2 Å². The second-order valence-electron chi connectivity index (χ2n) is 3.84. The molecule has 2 heterocycles. The van der Waals surface area contributed by atoms with E-state index in [1.807, 2.05) is 0 Å². The van der Waals surface area contributed by atoms with Crippen LogP contribution in [0, 0.1) is 0 Å². The zero-order valence-electron chi connectivity index (χ0n) is 8.46. The van der Waals surface area contributed by atoms with Crippen LogP contribution in [-0.4, -0.2) is 19.1 Å². The van der Waals surface area contributed by atoms with Gasteiger partial charge in [0.05, 0.1) is 5.00 Å². The predicted octanol–water partition coefficient (Wildman–Crippen LogP) is 2.69. The van der Waals surface area contributed by atoms with Crippen LogP contribution < -0.4 is 10.6 Å². The molecule has 0 aliphatic carbocycles. The van der Waals surface area contributed by atoms with E-state index in [0.29, 0.717) is 0 Å². The zero-order chi connectivity index (χ0) is 9.64. The van der Waals surface area contributed by atoms with E-state index < -0.39 is 0 Å². The van der Waals surface area contributed by atoms with Gasteiger partial charge in [-0.05, 0) is 43.3 Å². The summed E-state index contributed by atoms with van der Waals surface area (Å²) in [6.45, 7) is 2.31. The minimum atomic E-state index is 0.746. The number of thiophene rings is 1. The lowest BCUT2D eigenvalue weighted by Crippen LogP contribution is -2.35. The molecule has 1 fully saturated rings. The Hall–Kier alpha value is -0.540. The fraction of sp³-hybridized carbons (Fsp3) is 0.636. The Labute approximate surface area is 89.7 Å². The molecule has 1 aromatic heterocycles. The molecule has 0 amide bonds. The van der Waals surface area contributed by atoms with Gasteiger partial charge in [-0.15, -0.1) is 11.3 Å². The van der Waals surface area contributed by atoms with E-state index in [9.17, 15) is 0 Å². The van der Waals surface area contributed by atoms with Crippen LogP contribution in [0.3, 0.4) is 0 Å². The third-order valence-electron chi connectivity index (χ3n) is 2.73. The van der Waals surface area contributed by atoms with E-state index in [0.717, 1.165) is 12.6 Å². The Morgan fingerprint density at radius 1 is 1.50 bits per heavy atom. The summed E-state index contributed by atoms with van der Waals surface area (Å²) in [6, 6.07) is 4.97. The van der Waals surface area contributed by atoms with Crippen molar-refractivity contribution in [3.8, 4) is 0 Å². The predicted molar refractivity (Wildman–Crippen MR) is 63.1 cm³/mol. The van der Waals surface area contributed by atoms with Crippen molar-refractivity contribution in [3.63, 3.8) is 0 Å². The van der Waals surface area contributed by atoms with Gasteiger partial charge in [0.2, 0.25) is 0 Å². The van der Waals surface area contributed by atoms with E-state index in [-0.39, 0.29) is 0 Å². The van der Waals surface area contributed by atoms with Crippen molar-refractivity contribution in [1.82, 2.24) is 5.32 Å². The Bertz CT molecular complexity index is 240. The molecule has 14 heavy (non-hydrogen) atoms. The minimum Gasteiger partial charge on any atom is -0.377 e. The van der Waals surface area contributed by atoms with Gasteiger partial charge in [-0.2, -0.15) is 0 Å². The highest BCUT2D eigenvalue weighted by Crippen LogP contribution is 2.15. The van der Waals surface area contributed by atoms with Crippen LogP contribution >= 0.6 is 11.3 Å². The summed E-state index contributed by atoms with van der Waals surface area (Å²) in [4.78, 5) is 0. The molecule has 1 saturated heterocycles. The van der Waals surface area contributed by atoms with Gasteiger partial charge in [-0.1, -0.05) is 6.42 Å². The van der Waals surface area contributed by atoms with Crippen molar-refractivity contribution >= 4 is 16.3 Å². The first kappa shape index (κ1) is 9.99. The molecule has 2 nitrogen and oxygen atoms in total.